The van der Waals surface area contributed by atoms with E-state index in [1.54, 1.807) is 13.2 Å². The summed E-state index contributed by atoms with van der Waals surface area (Å²) < 4.78 is 49.5. The van der Waals surface area contributed by atoms with E-state index in [2.05, 4.69) is 4.72 Å². The van der Waals surface area contributed by atoms with Crippen LogP contribution in [0.2, 0.25) is 0 Å². The quantitative estimate of drug-likeness (QED) is 0.739. The van der Waals surface area contributed by atoms with E-state index in [1.165, 1.54) is 36.0 Å². The van der Waals surface area contributed by atoms with Gasteiger partial charge in [-0.3, -0.25) is 0 Å². The third-order valence-corrected chi connectivity index (χ3v) is 6.81. The first-order valence-corrected chi connectivity index (χ1v) is 10.7. The average molecular weight is 353 g/mol. The molecule has 2 unspecified atom stereocenters. The number of aliphatic hydroxyl groups is 1. The third-order valence-electron chi connectivity index (χ3n) is 2.94. The topological polar surface area (TPSA) is 101 Å². The smallest absolute Gasteiger partial charge is 0.240 e. The van der Waals surface area contributed by atoms with Gasteiger partial charge in [0.2, 0.25) is 10.0 Å². The number of aliphatic hydroxyl groups excluding tert-OH is 1. The highest BCUT2D eigenvalue weighted by atomic mass is 32.2. The van der Waals surface area contributed by atoms with Crippen LogP contribution in [0.3, 0.4) is 0 Å². The van der Waals surface area contributed by atoms with Gasteiger partial charge in [0.05, 0.1) is 16.4 Å². The van der Waals surface area contributed by atoms with Crippen molar-refractivity contribution < 1.29 is 21.9 Å². The van der Waals surface area contributed by atoms with Crippen molar-refractivity contribution in [3.05, 3.63) is 24.3 Å². The van der Waals surface area contributed by atoms with E-state index >= 15 is 0 Å². The highest BCUT2D eigenvalue weighted by Crippen LogP contribution is 2.17. The lowest BCUT2D eigenvalue weighted by molar-refractivity contribution is 0.282. The molecule has 0 aliphatic carbocycles. The maximum absolute atomic E-state index is 12.2. The summed E-state index contributed by atoms with van der Waals surface area (Å²) in [5.41, 5.74) is 0. The fourth-order valence-corrected chi connectivity index (χ4v) is 4.32. The lowest BCUT2D eigenvalue weighted by Gasteiger charge is -2.21. The SMILES string of the molecule is CSC(CO)C(C)NS(=O)(=O)c1ccc(S(C)(=O)=O)cc1. The van der Waals surface area contributed by atoms with E-state index < -0.39 is 25.9 Å². The Morgan fingerprint density at radius 2 is 1.62 bits per heavy atom. The first-order valence-electron chi connectivity index (χ1n) is 6.08. The van der Waals surface area contributed by atoms with Crippen molar-refractivity contribution in [1.29, 1.82) is 0 Å². The molecule has 2 atom stereocenters. The molecule has 0 bridgehead atoms. The molecule has 120 valence electrons. The normalized spacial score (nSPS) is 15.6. The third kappa shape index (κ3) is 4.96. The summed E-state index contributed by atoms with van der Waals surface area (Å²) in [6.45, 7) is 1.53. The number of sulfone groups is 1. The zero-order valence-electron chi connectivity index (χ0n) is 12.0. The molecule has 2 N–H and O–H groups in total. The first kappa shape index (κ1) is 18.4. The van der Waals surface area contributed by atoms with Gasteiger partial charge in [-0.15, -0.1) is 0 Å². The van der Waals surface area contributed by atoms with Gasteiger partial charge in [-0.1, -0.05) is 0 Å². The van der Waals surface area contributed by atoms with E-state index in [9.17, 15) is 16.8 Å². The molecule has 1 aromatic rings. The van der Waals surface area contributed by atoms with Crippen LogP contribution in [0.25, 0.3) is 0 Å². The molecular weight excluding hydrogens is 334 g/mol. The maximum atomic E-state index is 12.2. The Labute approximate surface area is 129 Å². The molecule has 0 fully saturated rings. The van der Waals surface area contributed by atoms with Gasteiger partial charge in [0.1, 0.15) is 0 Å². The van der Waals surface area contributed by atoms with Gasteiger partial charge < -0.3 is 5.11 Å². The lowest BCUT2D eigenvalue weighted by Crippen LogP contribution is -2.41. The summed E-state index contributed by atoms with van der Waals surface area (Å²) in [6, 6.07) is 4.56. The van der Waals surface area contributed by atoms with Gasteiger partial charge >= 0.3 is 0 Å². The lowest BCUT2D eigenvalue weighted by atomic mass is 10.3. The van der Waals surface area contributed by atoms with Crippen molar-refractivity contribution in [2.24, 2.45) is 0 Å². The summed E-state index contributed by atoms with van der Waals surface area (Å²) >= 11 is 1.36. The molecule has 0 spiro atoms. The van der Waals surface area contributed by atoms with Crippen LogP contribution in [-0.2, 0) is 19.9 Å². The van der Waals surface area contributed by atoms with Crippen LogP contribution < -0.4 is 4.72 Å². The Bertz CT molecular complexity index is 663. The zero-order chi connectivity index (χ0) is 16.3. The highest BCUT2D eigenvalue weighted by molar-refractivity contribution is 7.99. The number of benzene rings is 1. The Morgan fingerprint density at radius 3 is 2.00 bits per heavy atom. The molecule has 1 rings (SSSR count). The molecule has 6 nitrogen and oxygen atoms in total. The second kappa shape index (κ2) is 7.10. The van der Waals surface area contributed by atoms with Crippen molar-refractivity contribution in [3.63, 3.8) is 0 Å². The van der Waals surface area contributed by atoms with Crippen LogP contribution in [0.4, 0.5) is 0 Å². The number of sulfonamides is 1. The van der Waals surface area contributed by atoms with E-state index in [0.717, 1.165) is 6.26 Å². The van der Waals surface area contributed by atoms with E-state index in [1.807, 2.05) is 0 Å². The molecule has 0 saturated carbocycles. The molecule has 9 heteroatoms. The summed E-state index contributed by atoms with van der Waals surface area (Å²) in [7, 11) is -7.12. The van der Waals surface area contributed by atoms with E-state index in [-0.39, 0.29) is 21.6 Å². The van der Waals surface area contributed by atoms with Crippen LogP contribution in [0.5, 0.6) is 0 Å². The van der Waals surface area contributed by atoms with Gasteiger partial charge in [0.25, 0.3) is 0 Å². The molecule has 1 aromatic carbocycles. The second-order valence-electron chi connectivity index (χ2n) is 4.61. The molecular formula is C12H19NO5S3. The van der Waals surface area contributed by atoms with Crippen molar-refractivity contribution in [1.82, 2.24) is 4.72 Å². The predicted octanol–water partition coefficient (Wildman–Crippen LogP) is 0.481. The van der Waals surface area contributed by atoms with Crippen LogP contribution in [0, 0.1) is 0 Å². The Hall–Kier alpha value is -0.610. The molecule has 0 aliphatic heterocycles. The average Bonchev–Trinajstić information content (AvgIpc) is 2.38. The van der Waals surface area contributed by atoms with Crippen molar-refractivity contribution in [2.75, 3.05) is 19.1 Å². The van der Waals surface area contributed by atoms with Gasteiger partial charge in [0, 0.05) is 17.5 Å². The summed E-state index contributed by atoms with van der Waals surface area (Å²) in [4.78, 5) is 0.0476. The molecule has 0 aromatic heterocycles. The summed E-state index contributed by atoms with van der Waals surface area (Å²) in [5, 5.41) is 8.91. The fraction of sp³-hybridized carbons (Fsp3) is 0.500. The van der Waals surface area contributed by atoms with Gasteiger partial charge in [-0.2, -0.15) is 11.8 Å². The largest absolute Gasteiger partial charge is 0.395 e. The van der Waals surface area contributed by atoms with E-state index in [4.69, 9.17) is 5.11 Å². The molecule has 0 amide bonds. The Balaban J connectivity index is 2.98. The number of hydrogen-bond donors (Lipinski definition) is 2. The van der Waals surface area contributed by atoms with Crippen LogP contribution in [0.1, 0.15) is 6.92 Å². The van der Waals surface area contributed by atoms with Crippen molar-refractivity contribution in [2.45, 2.75) is 28.0 Å². The van der Waals surface area contributed by atoms with Crippen LogP contribution >= 0.6 is 11.8 Å². The maximum Gasteiger partial charge on any atom is 0.240 e. The Kier molecular flexibility index (Phi) is 6.23. The first-order chi connectivity index (χ1) is 9.61. The summed E-state index contributed by atoms with van der Waals surface area (Å²) in [6.07, 6.45) is 2.84. The highest BCUT2D eigenvalue weighted by Gasteiger charge is 2.23. The number of thioether (sulfide) groups is 1. The van der Waals surface area contributed by atoms with Crippen LogP contribution in [-0.4, -0.2) is 52.4 Å². The number of rotatable bonds is 7. The molecule has 0 radical (unpaired) electrons. The van der Waals surface area contributed by atoms with Crippen LogP contribution in [0.15, 0.2) is 34.1 Å². The van der Waals surface area contributed by atoms with E-state index in [0.29, 0.717) is 0 Å². The zero-order valence-corrected chi connectivity index (χ0v) is 14.4. The minimum Gasteiger partial charge on any atom is -0.395 e. The fourth-order valence-electron chi connectivity index (χ4n) is 1.69. The summed E-state index contributed by atoms with van der Waals surface area (Å²) in [5.74, 6) is 0. The molecule has 0 saturated heterocycles. The second-order valence-corrected chi connectivity index (χ2v) is 9.42. The Morgan fingerprint density at radius 1 is 1.14 bits per heavy atom. The molecule has 21 heavy (non-hydrogen) atoms. The standard InChI is InChI=1S/C12H19NO5S3/c1-9(12(8-14)19-2)13-21(17,18)11-6-4-10(5-7-11)20(3,15)16/h4-7,9,12-14H,8H2,1-3H3. The van der Waals surface area contributed by atoms with Crippen molar-refractivity contribution in [3.8, 4) is 0 Å². The van der Waals surface area contributed by atoms with Gasteiger partial charge in [0.15, 0.2) is 9.84 Å². The van der Waals surface area contributed by atoms with Gasteiger partial charge in [-0.05, 0) is 37.4 Å². The minimum absolute atomic E-state index is 0.0143. The minimum atomic E-state index is -3.76. The number of nitrogens with one attached hydrogen (secondary N) is 1. The number of hydrogen-bond acceptors (Lipinski definition) is 6. The molecule has 0 heterocycles. The van der Waals surface area contributed by atoms with Gasteiger partial charge in [-0.25, -0.2) is 21.6 Å². The molecule has 0 aliphatic rings. The van der Waals surface area contributed by atoms with Crippen molar-refractivity contribution >= 4 is 31.6 Å². The monoisotopic (exact) mass is 353 g/mol. The predicted molar refractivity (Wildman–Crippen MR) is 83.7 cm³/mol.